The summed E-state index contributed by atoms with van der Waals surface area (Å²) in [6.07, 6.45) is 0. The molecule has 2 rings (SSSR count). The van der Waals surface area contributed by atoms with Gasteiger partial charge in [-0.3, -0.25) is 4.79 Å². The fourth-order valence-corrected chi connectivity index (χ4v) is 2.42. The number of rotatable bonds is 3. The van der Waals surface area contributed by atoms with Gasteiger partial charge in [0.25, 0.3) is 0 Å². The van der Waals surface area contributed by atoms with Gasteiger partial charge in [0, 0.05) is 17.5 Å². The van der Waals surface area contributed by atoms with E-state index in [0.29, 0.717) is 5.69 Å². The highest BCUT2D eigenvalue weighted by Crippen LogP contribution is 2.25. The topological polar surface area (TPSA) is 42.0 Å². The number of carbonyl (C=O) groups is 1. The highest BCUT2D eigenvalue weighted by Gasteiger charge is 2.11. The lowest BCUT2D eigenvalue weighted by atomic mass is 10.2. The lowest BCUT2D eigenvalue weighted by Gasteiger charge is -2.01. The van der Waals surface area contributed by atoms with Gasteiger partial charge < -0.3 is 5.32 Å². The summed E-state index contributed by atoms with van der Waals surface area (Å²) >= 11 is 1.50. The number of Topliss-reactive ketones (excluding diaryl/α,β-unsaturated/α-hetero) is 1. The molecule has 0 radical (unpaired) electrons. The SMILES string of the molecule is CC(=O)c1nc(Nc2ccc(C)cc2)sc1C. The molecule has 0 unspecified atom stereocenters. The summed E-state index contributed by atoms with van der Waals surface area (Å²) in [7, 11) is 0. The van der Waals surface area contributed by atoms with Crippen LogP contribution >= 0.6 is 11.3 Å². The molecule has 3 nitrogen and oxygen atoms in total. The monoisotopic (exact) mass is 246 g/mol. The Morgan fingerprint density at radius 3 is 2.41 bits per heavy atom. The first-order valence-electron chi connectivity index (χ1n) is 5.38. The minimum Gasteiger partial charge on any atom is -0.332 e. The Kier molecular flexibility index (Phi) is 3.24. The molecule has 1 aromatic carbocycles. The molecule has 17 heavy (non-hydrogen) atoms. The van der Waals surface area contributed by atoms with Gasteiger partial charge in [0.05, 0.1) is 0 Å². The summed E-state index contributed by atoms with van der Waals surface area (Å²) in [5.74, 6) is 0.00991. The van der Waals surface area contributed by atoms with E-state index < -0.39 is 0 Å². The molecule has 0 fully saturated rings. The van der Waals surface area contributed by atoms with E-state index in [-0.39, 0.29) is 5.78 Å². The molecule has 1 aromatic heterocycles. The molecule has 0 aliphatic rings. The maximum absolute atomic E-state index is 11.3. The Bertz CT molecular complexity index is 543. The lowest BCUT2D eigenvalue weighted by Crippen LogP contribution is -1.95. The molecule has 0 saturated carbocycles. The number of ketones is 1. The van der Waals surface area contributed by atoms with Crippen molar-refractivity contribution in [2.75, 3.05) is 5.32 Å². The van der Waals surface area contributed by atoms with Crippen LogP contribution in [0.2, 0.25) is 0 Å². The Hall–Kier alpha value is -1.68. The van der Waals surface area contributed by atoms with Gasteiger partial charge in [-0.1, -0.05) is 17.7 Å². The zero-order chi connectivity index (χ0) is 12.4. The van der Waals surface area contributed by atoms with Crippen LogP contribution in [-0.2, 0) is 0 Å². The zero-order valence-corrected chi connectivity index (χ0v) is 10.9. The van der Waals surface area contributed by atoms with E-state index >= 15 is 0 Å². The van der Waals surface area contributed by atoms with Crippen molar-refractivity contribution in [3.8, 4) is 0 Å². The number of nitrogens with zero attached hydrogens (tertiary/aromatic N) is 1. The minimum absolute atomic E-state index is 0.00991. The van der Waals surface area contributed by atoms with Gasteiger partial charge in [-0.25, -0.2) is 4.98 Å². The van der Waals surface area contributed by atoms with Gasteiger partial charge in [0.2, 0.25) is 0 Å². The van der Waals surface area contributed by atoms with Crippen LogP contribution in [0.15, 0.2) is 24.3 Å². The summed E-state index contributed by atoms with van der Waals surface area (Å²) < 4.78 is 0. The first kappa shape index (κ1) is 11.8. The van der Waals surface area contributed by atoms with Crippen LogP contribution in [-0.4, -0.2) is 10.8 Å². The molecule has 4 heteroatoms. The molecular formula is C13H14N2OS. The van der Waals surface area contributed by atoms with Crippen LogP contribution in [0, 0.1) is 13.8 Å². The summed E-state index contributed by atoms with van der Waals surface area (Å²) in [6.45, 7) is 5.50. The normalized spacial score (nSPS) is 10.3. The van der Waals surface area contributed by atoms with E-state index in [4.69, 9.17) is 0 Å². The van der Waals surface area contributed by atoms with Crippen LogP contribution in [0.4, 0.5) is 10.8 Å². The fraction of sp³-hybridized carbons (Fsp3) is 0.231. The number of nitrogens with one attached hydrogen (secondary N) is 1. The van der Waals surface area contributed by atoms with Gasteiger partial charge >= 0.3 is 0 Å². The highest BCUT2D eigenvalue weighted by molar-refractivity contribution is 7.15. The number of anilines is 2. The third-order valence-electron chi connectivity index (χ3n) is 2.43. The minimum atomic E-state index is 0.00991. The van der Waals surface area contributed by atoms with Crippen LogP contribution in [0.3, 0.4) is 0 Å². The zero-order valence-electron chi connectivity index (χ0n) is 10.1. The first-order chi connectivity index (χ1) is 8.06. The van der Waals surface area contributed by atoms with Crippen LogP contribution < -0.4 is 5.32 Å². The fourth-order valence-electron chi connectivity index (χ4n) is 1.54. The number of aromatic nitrogens is 1. The van der Waals surface area contributed by atoms with Gasteiger partial charge in [-0.05, 0) is 26.0 Å². The maximum Gasteiger partial charge on any atom is 0.188 e. The number of hydrogen-bond acceptors (Lipinski definition) is 4. The van der Waals surface area contributed by atoms with E-state index in [1.807, 2.05) is 38.1 Å². The van der Waals surface area contributed by atoms with Gasteiger partial charge in [-0.2, -0.15) is 0 Å². The highest BCUT2D eigenvalue weighted by atomic mass is 32.1. The van der Waals surface area contributed by atoms with Crippen molar-refractivity contribution in [2.24, 2.45) is 0 Å². The molecule has 0 spiro atoms. The Morgan fingerprint density at radius 2 is 1.88 bits per heavy atom. The van der Waals surface area contributed by atoms with Gasteiger partial charge in [0.15, 0.2) is 10.9 Å². The van der Waals surface area contributed by atoms with Crippen molar-refractivity contribution >= 4 is 27.9 Å². The van der Waals surface area contributed by atoms with Crippen LogP contribution in [0.25, 0.3) is 0 Å². The Balaban J connectivity index is 2.22. The molecule has 88 valence electrons. The second-order valence-corrected chi connectivity index (χ2v) is 5.17. The summed E-state index contributed by atoms with van der Waals surface area (Å²) in [5, 5.41) is 3.96. The van der Waals surface area contributed by atoms with Crippen molar-refractivity contribution in [1.29, 1.82) is 0 Å². The van der Waals surface area contributed by atoms with E-state index in [2.05, 4.69) is 10.3 Å². The molecule has 1 heterocycles. The van der Waals surface area contributed by atoms with E-state index in [0.717, 1.165) is 15.7 Å². The average molecular weight is 246 g/mol. The quantitative estimate of drug-likeness (QED) is 0.839. The number of hydrogen-bond donors (Lipinski definition) is 1. The predicted octanol–water partition coefficient (Wildman–Crippen LogP) is 3.71. The second kappa shape index (κ2) is 4.67. The Labute approximate surface area is 105 Å². The molecule has 1 N–H and O–H groups in total. The first-order valence-corrected chi connectivity index (χ1v) is 6.20. The van der Waals surface area contributed by atoms with Crippen LogP contribution in [0.5, 0.6) is 0 Å². The van der Waals surface area contributed by atoms with Crippen LogP contribution in [0.1, 0.15) is 27.9 Å². The molecule has 0 bridgehead atoms. The number of carbonyl (C=O) groups excluding carboxylic acids is 1. The third-order valence-corrected chi connectivity index (χ3v) is 3.32. The molecule has 0 aliphatic carbocycles. The molecule has 0 atom stereocenters. The summed E-state index contributed by atoms with van der Waals surface area (Å²) in [5.41, 5.74) is 2.76. The summed E-state index contributed by atoms with van der Waals surface area (Å²) in [4.78, 5) is 16.5. The predicted molar refractivity (Wildman–Crippen MR) is 71.3 cm³/mol. The lowest BCUT2D eigenvalue weighted by molar-refractivity contribution is 0.101. The van der Waals surface area contributed by atoms with E-state index in [1.54, 1.807) is 0 Å². The maximum atomic E-state index is 11.3. The molecule has 0 amide bonds. The van der Waals surface area contributed by atoms with Crippen molar-refractivity contribution in [3.05, 3.63) is 40.4 Å². The molecule has 0 aliphatic heterocycles. The molecule has 2 aromatic rings. The van der Waals surface area contributed by atoms with E-state index in [1.165, 1.54) is 23.8 Å². The largest absolute Gasteiger partial charge is 0.332 e. The third kappa shape index (κ3) is 2.71. The Morgan fingerprint density at radius 1 is 1.24 bits per heavy atom. The van der Waals surface area contributed by atoms with Crippen molar-refractivity contribution in [3.63, 3.8) is 0 Å². The summed E-state index contributed by atoms with van der Waals surface area (Å²) in [6, 6.07) is 8.07. The van der Waals surface area contributed by atoms with Gasteiger partial charge in [0.1, 0.15) is 5.69 Å². The number of thiazole rings is 1. The number of benzene rings is 1. The molecular weight excluding hydrogens is 232 g/mol. The smallest absolute Gasteiger partial charge is 0.188 e. The average Bonchev–Trinajstić information content (AvgIpc) is 2.63. The standard InChI is InChI=1S/C13H14N2OS/c1-8-4-6-11(7-5-8)14-13-15-12(9(2)16)10(3)17-13/h4-7H,1-3H3,(H,14,15). The van der Waals surface area contributed by atoms with Crippen molar-refractivity contribution < 1.29 is 4.79 Å². The van der Waals surface area contributed by atoms with Crippen molar-refractivity contribution in [1.82, 2.24) is 4.98 Å². The molecule has 0 saturated heterocycles. The van der Waals surface area contributed by atoms with Gasteiger partial charge in [-0.15, -0.1) is 11.3 Å². The number of aryl methyl sites for hydroxylation is 2. The van der Waals surface area contributed by atoms with E-state index in [9.17, 15) is 4.79 Å². The second-order valence-electron chi connectivity index (χ2n) is 3.97. The van der Waals surface area contributed by atoms with Crippen molar-refractivity contribution in [2.45, 2.75) is 20.8 Å².